The van der Waals surface area contributed by atoms with Gasteiger partial charge in [-0.15, -0.1) is 3.97 Å². The van der Waals surface area contributed by atoms with Crippen LogP contribution < -0.4 is 0 Å². The molecule has 0 N–H and O–H groups in total. The first-order valence-corrected chi connectivity index (χ1v) is 12.9. The quantitative estimate of drug-likeness (QED) is 0.203. The van der Waals surface area contributed by atoms with Crippen molar-refractivity contribution < 1.29 is 28.5 Å². The first-order valence-electron chi connectivity index (χ1n) is 11.8. The number of benzene rings is 1. The number of esters is 1. The number of aromatic nitrogens is 2. The molecule has 0 spiro atoms. The van der Waals surface area contributed by atoms with Crippen molar-refractivity contribution in [1.82, 2.24) is 13.9 Å². The van der Waals surface area contributed by atoms with Crippen molar-refractivity contribution in [3.63, 3.8) is 0 Å². The van der Waals surface area contributed by atoms with Crippen LogP contribution in [0.4, 0.5) is 10.5 Å². The number of ether oxygens (including phenoxy) is 2. The van der Waals surface area contributed by atoms with E-state index in [-0.39, 0.29) is 48.4 Å². The van der Waals surface area contributed by atoms with E-state index in [1.807, 2.05) is 0 Å². The molecule has 3 heterocycles. The first-order chi connectivity index (χ1) is 17.5. The summed E-state index contributed by atoms with van der Waals surface area (Å²) in [5.74, 6) is -0.686. The predicted molar refractivity (Wildman–Crippen MR) is 135 cm³/mol. The van der Waals surface area contributed by atoms with E-state index in [1.54, 1.807) is 64.1 Å². The molecule has 1 aliphatic heterocycles. The van der Waals surface area contributed by atoms with Gasteiger partial charge in [0.15, 0.2) is 10.5 Å². The lowest BCUT2D eigenvalue weighted by Crippen LogP contribution is -2.43. The largest absolute Gasteiger partial charge is 0.587 e. The van der Waals surface area contributed by atoms with Gasteiger partial charge in [-0.3, -0.25) is 14.9 Å². The number of rotatable bonds is 6. The summed E-state index contributed by atoms with van der Waals surface area (Å²) in [5, 5.41) is 12.4. The second-order valence-electron chi connectivity index (χ2n) is 9.67. The Morgan fingerprint density at radius 2 is 1.92 bits per heavy atom. The maximum absolute atomic E-state index is 13.5. The zero-order valence-electron chi connectivity index (χ0n) is 21.0. The number of fused-ring (bicyclic) bond motifs is 1. The number of pyridine rings is 1. The van der Waals surface area contributed by atoms with Crippen LogP contribution in [0, 0.1) is 10.1 Å². The fraction of sp³-hybridized carbons (Fsp3) is 0.400. The molecule has 2 atom stereocenters. The van der Waals surface area contributed by atoms with Gasteiger partial charge in [0.25, 0.3) is 5.69 Å². The Kier molecular flexibility index (Phi) is 7.16. The van der Waals surface area contributed by atoms with Gasteiger partial charge in [-0.25, -0.2) is 9.78 Å². The van der Waals surface area contributed by atoms with Crippen molar-refractivity contribution >= 4 is 40.1 Å². The third-order valence-electron chi connectivity index (χ3n) is 6.05. The molecule has 2 unspecified atom stereocenters. The number of hydrogen-bond donors (Lipinski definition) is 0. The summed E-state index contributed by atoms with van der Waals surface area (Å²) in [7, 11) is 0. The third-order valence-corrected chi connectivity index (χ3v) is 7.37. The van der Waals surface area contributed by atoms with E-state index in [0.29, 0.717) is 4.90 Å². The Hall–Kier alpha value is -3.64. The summed E-state index contributed by atoms with van der Waals surface area (Å²) < 4.78 is 25.6. The topological polar surface area (TPSA) is 140 Å². The van der Waals surface area contributed by atoms with Crippen molar-refractivity contribution in [3.05, 3.63) is 64.5 Å². The third kappa shape index (κ3) is 4.98. The van der Waals surface area contributed by atoms with Gasteiger partial charge < -0.3 is 18.9 Å². The summed E-state index contributed by atoms with van der Waals surface area (Å²) in [6, 6.07) is 10.3. The van der Waals surface area contributed by atoms with Gasteiger partial charge in [0.2, 0.25) is 0 Å². The highest BCUT2D eigenvalue weighted by Gasteiger charge is 2.53. The lowest BCUT2D eigenvalue weighted by atomic mass is 9.77. The number of nitro groups is 1. The van der Waals surface area contributed by atoms with Gasteiger partial charge in [-0.1, -0.05) is 18.2 Å². The lowest BCUT2D eigenvalue weighted by Gasteiger charge is -2.29. The molecule has 4 rings (SSSR count). The molecule has 0 radical (unpaired) electrons. The van der Waals surface area contributed by atoms with E-state index in [2.05, 4.69) is 4.98 Å². The molecule has 0 aliphatic carbocycles. The summed E-state index contributed by atoms with van der Waals surface area (Å²) in [4.78, 5) is 44.0. The molecule has 37 heavy (non-hydrogen) atoms. The normalized spacial score (nSPS) is 18.6. The van der Waals surface area contributed by atoms with Crippen LogP contribution >= 0.6 is 0 Å². The zero-order valence-corrected chi connectivity index (χ0v) is 21.8. The minimum Gasteiger partial charge on any atom is -0.587 e. The summed E-state index contributed by atoms with van der Waals surface area (Å²) in [6.07, 6.45) is 2.04. The molecular weight excluding hydrogens is 500 g/mol. The SMILES string of the molecule is CCOC(=O)C1(c2c([N+](=O)[O-])cnc3c2ccn3[S+]([O-])c2ccccc2)CCN(C(=O)OC(C)(C)C)C1. The van der Waals surface area contributed by atoms with E-state index < -0.39 is 39.4 Å². The summed E-state index contributed by atoms with van der Waals surface area (Å²) >= 11 is -1.69. The van der Waals surface area contributed by atoms with E-state index in [1.165, 1.54) is 15.1 Å². The highest BCUT2D eigenvalue weighted by Crippen LogP contribution is 2.44. The maximum atomic E-state index is 13.5. The van der Waals surface area contributed by atoms with Crippen LogP contribution in [0.15, 0.2) is 53.7 Å². The molecule has 1 aliphatic rings. The van der Waals surface area contributed by atoms with Crippen LogP contribution in [-0.4, -0.2) is 60.7 Å². The Morgan fingerprint density at radius 1 is 1.22 bits per heavy atom. The first kappa shape index (κ1) is 26.4. The minimum absolute atomic E-state index is 0.0497. The molecule has 0 saturated carbocycles. The van der Waals surface area contributed by atoms with Crippen LogP contribution in [0.1, 0.15) is 39.7 Å². The van der Waals surface area contributed by atoms with Crippen molar-refractivity contribution in [2.75, 3.05) is 19.7 Å². The smallest absolute Gasteiger partial charge is 0.410 e. The Bertz CT molecular complexity index is 1340. The average molecular weight is 529 g/mol. The van der Waals surface area contributed by atoms with E-state index >= 15 is 0 Å². The molecule has 12 heteroatoms. The molecular formula is C25H28N4O7S. The van der Waals surface area contributed by atoms with Crippen molar-refractivity contribution in [3.8, 4) is 0 Å². The van der Waals surface area contributed by atoms with E-state index in [0.717, 1.165) is 6.20 Å². The Labute approximate surface area is 216 Å². The van der Waals surface area contributed by atoms with Gasteiger partial charge in [0.1, 0.15) is 28.6 Å². The maximum Gasteiger partial charge on any atom is 0.410 e. The van der Waals surface area contributed by atoms with Gasteiger partial charge in [0, 0.05) is 18.5 Å². The summed E-state index contributed by atoms with van der Waals surface area (Å²) in [6.45, 7) is 6.83. The van der Waals surface area contributed by atoms with E-state index in [4.69, 9.17) is 9.47 Å². The molecule has 0 bridgehead atoms. The van der Waals surface area contributed by atoms with Gasteiger partial charge >= 0.3 is 12.1 Å². The molecule has 11 nitrogen and oxygen atoms in total. The van der Waals surface area contributed by atoms with Crippen molar-refractivity contribution in [2.45, 2.75) is 50.0 Å². The second-order valence-corrected chi connectivity index (χ2v) is 11.0. The number of carbonyl (C=O) groups is 2. The van der Waals surface area contributed by atoms with Crippen LogP contribution in [0.2, 0.25) is 0 Å². The van der Waals surface area contributed by atoms with Crippen molar-refractivity contribution in [1.29, 1.82) is 0 Å². The standard InChI is InChI=1S/C25H28N4O7S/c1-5-35-22(30)25(12-14-27(16-25)23(31)36-24(2,3)4)20-18-11-13-28(21(18)26-15-19(20)29(32)33)37(34)17-9-7-6-8-10-17/h6-11,13,15H,5,12,14,16H2,1-4H3. The molecule has 1 fully saturated rings. The zero-order chi connectivity index (χ0) is 27.0. The number of amides is 1. The molecule has 1 aromatic carbocycles. The molecule has 196 valence electrons. The number of hydrogen-bond acceptors (Lipinski definition) is 8. The van der Waals surface area contributed by atoms with Crippen LogP contribution in [0.25, 0.3) is 11.0 Å². The van der Waals surface area contributed by atoms with Crippen LogP contribution in [0.5, 0.6) is 0 Å². The second kappa shape index (κ2) is 10.0. The summed E-state index contributed by atoms with van der Waals surface area (Å²) in [5.41, 5.74) is -2.40. The average Bonchev–Trinajstić information content (AvgIpc) is 3.48. The highest BCUT2D eigenvalue weighted by atomic mass is 32.2. The molecule has 2 aromatic heterocycles. The Balaban J connectivity index is 1.88. The minimum atomic E-state index is -1.69. The fourth-order valence-electron chi connectivity index (χ4n) is 4.51. The monoisotopic (exact) mass is 528 g/mol. The fourth-order valence-corrected chi connectivity index (χ4v) is 5.60. The van der Waals surface area contributed by atoms with E-state index in [9.17, 15) is 24.3 Å². The number of carbonyl (C=O) groups excluding carboxylic acids is 2. The molecule has 1 saturated heterocycles. The lowest BCUT2D eigenvalue weighted by molar-refractivity contribution is -0.386. The Morgan fingerprint density at radius 3 is 2.54 bits per heavy atom. The predicted octanol–water partition coefficient (Wildman–Crippen LogP) is 3.96. The van der Waals surface area contributed by atoms with Gasteiger partial charge in [-0.05, 0) is 52.3 Å². The number of likely N-dealkylation sites (tertiary alicyclic amines) is 1. The molecule has 3 aromatic rings. The number of nitrogens with zero attached hydrogens (tertiary/aromatic N) is 4. The molecule has 1 amide bonds. The van der Waals surface area contributed by atoms with Crippen LogP contribution in [-0.2, 0) is 31.0 Å². The van der Waals surface area contributed by atoms with Gasteiger partial charge in [0.05, 0.1) is 23.3 Å². The van der Waals surface area contributed by atoms with Crippen LogP contribution in [0.3, 0.4) is 0 Å². The highest BCUT2D eigenvalue weighted by molar-refractivity contribution is 7.90. The van der Waals surface area contributed by atoms with Crippen molar-refractivity contribution in [2.24, 2.45) is 0 Å². The van der Waals surface area contributed by atoms with Gasteiger partial charge in [-0.2, -0.15) is 0 Å².